The summed E-state index contributed by atoms with van der Waals surface area (Å²) < 4.78 is 5.82. The first-order valence-electron chi connectivity index (χ1n) is 7.45. The van der Waals surface area contributed by atoms with Crippen LogP contribution in [0.25, 0.3) is 0 Å². The summed E-state index contributed by atoms with van der Waals surface area (Å²) in [6.07, 6.45) is 3.75. The van der Waals surface area contributed by atoms with Crippen molar-refractivity contribution < 1.29 is 4.74 Å². The van der Waals surface area contributed by atoms with Crippen molar-refractivity contribution in [2.45, 2.75) is 46.1 Å². The van der Waals surface area contributed by atoms with Crippen molar-refractivity contribution in [2.24, 2.45) is 5.92 Å². The van der Waals surface area contributed by atoms with E-state index in [1.807, 2.05) is 14.0 Å². The van der Waals surface area contributed by atoms with Gasteiger partial charge in [-0.3, -0.25) is 0 Å². The first kappa shape index (κ1) is 14.8. The quantitative estimate of drug-likeness (QED) is 0.892. The molecule has 0 aromatic carbocycles. The molecule has 1 saturated heterocycles. The minimum absolute atomic E-state index is 0.0799. The molecule has 20 heavy (non-hydrogen) atoms. The van der Waals surface area contributed by atoms with Gasteiger partial charge >= 0.3 is 6.01 Å². The SMILES string of the molecule is CNc1nc(OC(C)C(C)C)nc(N2CCCCC2)n1. The van der Waals surface area contributed by atoms with Gasteiger partial charge in [-0.15, -0.1) is 0 Å². The van der Waals surface area contributed by atoms with Crippen LogP contribution in [0, 0.1) is 5.92 Å². The van der Waals surface area contributed by atoms with Crippen LogP contribution >= 0.6 is 0 Å². The third-order valence-electron chi connectivity index (χ3n) is 3.70. The Morgan fingerprint density at radius 3 is 2.35 bits per heavy atom. The maximum Gasteiger partial charge on any atom is 0.323 e. The molecule has 1 aliphatic heterocycles. The number of ether oxygens (including phenoxy) is 1. The normalized spacial score (nSPS) is 17.1. The molecule has 0 saturated carbocycles. The third-order valence-corrected chi connectivity index (χ3v) is 3.70. The van der Waals surface area contributed by atoms with Crippen molar-refractivity contribution in [3.8, 4) is 6.01 Å². The molecular formula is C14H25N5O. The predicted molar refractivity (Wildman–Crippen MR) is 80.4 cm³/mol. The molecule has 2 rings (SSSR count). The van der Waals surface area contributed by atoms with E-state index in [-0.39, 0.29) is 6.10 Å². The number of piperidine rings is 1. The number of hydrogen-bond acceptors (Lipinski definition) is 6. The molecule has 2 heterocycles. The molecule has 1 aromatic rings. The van der Waals surface area contributed by atoms with Gasteiger partial charge in [0.2, 0.25) is 11.9 Å². The Labute approximate surface area is 121 Å². The van der Waals surface area contributed by atoms with Crippen LogP contribution in [0.2, 0.25) is 0 Å². The van der Waals surface area contributed by atoms with Gasteiger partial charge in [-0.25, -0.2) is 0 Å². The molecule has 1 unspecified atom stereocenters. The molecule has 0 amide bonds. The van der Waals surface area contributed by atoms with Crippen LogP contribution in [0.1, 0.15) is 40.0 Å². The van der Waals surface area contributed by atoms with Crippen molar-refractivity contribution in [1.29, 1.82) is 0 Å². The minimum Gasteiger partial charge on any atom is -0.460 e. The molecular weight excluding hydrogens is 254 g/mol. The van der Waals surface area contributed by atoms with E-state index in [4.69, 9.17) is 4.74 Å². The molecule has 1 N–H and O–H groups in total. The Hall–Kier alpha value is -1.59. The summed E-state index contributed by atoms with van der Waals surface area (Å²) in [6.45, 7) is 8.29. The summed E-state index contributed by atoms with van der Waals surface area (Å²) in [5, 5.41) is 2.98. The Kier molecular flexibility index (Phi) is 4.98. The highest BCUT2D eigenvalue weighted by Crippen LogP contribution is 2.20. The molecule has 112 valence electrons. The number of rotatable bonds is 5. The van der Waals surface area contributed by atoms with Gasteiger partial charge in [0.1, 0.15) is 6.10 Å². The molecule has 1 atom stereocenters. The van der Waals surface area contributed by atoms with Crippen molar-refractivity contribution >= 4 is 11.9 Å². The summed E-state index contributed by atoms with van der Waals surface area (Å²) in [4.78, 5) is 15.4. The highest BCUT2D eigenvalue weighted by Gasteiger charge is 2.18. The maximum atomic E-state index is 5.82. The maximum absolute atomic E-state index is 5.82. The van der Waals surface area contributed by atoms with Crippen LogP contribution < -0.4 is 15.0 Å². The molecule has 1 fully saturated rings. The van der Waals surface area contributed by atoms with E-state index in [1.165, 1.54) is 19.3 Å². The summed E-state index contributed by atoms with van der Waals surface area (Å²) in [7, 11) is 1.81. The second-order valence-electron chi connectivity index (χ2n) is 5.61. The van der Waals surface area contributed by atoms with Crippen molar-refractivity contribution in [3.05, 3.63) is 0 Å². The number of nitrogens with zero attached hydrogens (tertiary/aromatic N) is 4. The summed E-state index contributed by atoms with van der Waals surface area (Å²) in [5.41, 5.74) is 0. The first-order valence-corrected chi connectivity index (χ1v) is 7.45. The van der Waals surface area contributed by atoms with Crippen LogP contribution in [0.3, 0.4) is 0 Å². The zero-order valence-corrected chi connectivity index (χ0v) is 12.9. The number of nitrogens with one attached hydrogen (secondary N) is 1. The number of anilines is 2. The summed E-state index contributed by atoms with van der Waals surface area (Å²) >= 11 is 0. The zero-order chi connectivity index (χ0) is 14.5. The molecule has 6 nitrogen and oxygen atoms in total. The highest BCUT2D eigenvalue weighted by atomic mass is 16.5. The van der Waals surface area contributed by atoms with Crippen LogP contribution in [-0.4, -0.2) is 41.2 Å². The Balaban J connectivity index is 2.19. The van der Waals surface area contributed by atoms with Crippen molar-refractivity contribution in [2.75, 3.05) is 30.4 Å². The Bertz CT molecular complexity index is 432. The monoisotopic (exact) mass is 279 g/mol. The van der Waals surface area contributed by atoms with Gasteiger partial charge < -0.3 is 15.0 Å². The lowest BCUT2D eigenvalue weighted by Crippen LogP contribution is -2.31. The lowest BCUT2D eigenvalue weighted by atomic mass is 10.1. The Morgan fingerprint density at radius 2 is 1.75 bits per heavy atom. The van der Waals surface area contributed by atoms with Gasteiger partial charge in [-0.2, -0.15) is 15.0 Å². The number of hydrogen-bond donors (Lipinski definition) is 1. The van der Waals surface area contributed by atoms with E-state index < -0.39 is 0 Å². The zero-order valence-electron chi connectivity index (χ0n) is 12.9. The minimum atomic E-state index is 0.0799. The molecule has 0 aliphatic carbocycles. The lowest BCUT2D eigenvalue weighted by Gasteiger charge is -2.27. The molecule has 1 aliphatic rings. The van der Waals surface area contributed by atoms with E-state index >= 15 is 0 Å². The molecule has 0 radical (unpaired) electrons. The van der Waals surface area contributed by atoms with E-state index in [0.29, 0.717) is 17.9 Å². The smallest absolute Gasteiger partial charge is 0.323 e. The van der Waals surface area contributed by atoms with E-state index in [2.05, 4.69) is 39.0 Å². The fourth-order valence-corrected chi connectivity index (χ4v) is 2.05. The molecule has 1 aromatic heterocycles. The van der Waals surface area contributed by atoms with Crippen LogP contribution in [0.4, 0.5) is 11.9 Å². The van der Waals surface area contributed by atoms with Gasteiger partial charge in [0.25, 0.3) is 0 Å². The summed E-state index contributed by atoms with van der Waals surface area (Å²) in [6, 6.07) is 0.408. The Morgan fingerprint density at radius 1 is 1.05 bits per heavy atom. The van der Waals surface area contributed by atoms with E-state index in [1.54, 1.807) is 0 Å². The van der Waals surface area contributed by atoms with Crippen molar-refractivity contribution in [3.63, 3.8) is 0 Å². The van der Waals surface area contributed by atoms with Crippen molar-refractivity contribution in [1.82, 2.24) is 15.0 Å². The largest absolute Gasteiger partial charge is 0.460 e. The van der Waals surface area contributed by atoms with Gasteiger partial charge in [-0.05, 0) is 32.1 Å². The second-order valence-corrected chi connectivity index (χ2v) is 5.61. The first-order chi connectivity index (χ1) is 9.60. The standard InChI is InChI=1S/C14H25N5O/c1-10(2)11(3)20-14-17-12(15-4)16-13(18-14)19-8-6-5-7-9-19/h10-11H,5-9H2,1-4H3,(H,15,16,17,18). The fraction of sp³-hybridized carbons (Fsp3) is 0.786. The summed E-state index contributed by atoms with van der Waals surface area (Å²) in [5.74, 6) is 1.70. The second kappa shape index (κ2) is 6.72. The average molecular weight is 279 g/mol. The predicted octanol–water partition coefficient (Wildman–Crippen LogP) is 2.33. The van der Waals surface area contributed by atoms with E-state index in [0.717, 1.165) is 19.0 Å². The van der Waals surface area contributed by atoms with Gasteiger partial charge in [0.15, 0.2) is 0 Å². The average Bonchev–Trinajstić information content (AvgIpc) is 2.47. The van der Waals surface area contributed by atoms with Gasteiger partial charge in [-0.1, -0.05) is 13.8 Å². The van der Waals surface area contributed by atoms with E-state index in [9.17, 15) is 0 Å². The topological polar surface area (TPSA) is 63.2 Å². The third kappa shape index (κ3) is 3.71. The molecule has 6 heteroatoms. The molecule has 0 bridgehead atoms. The van der Waals surface area contributed by atoms with Crippen LogP contribution in [0.15, 0.2) is 0 Å². The fourth-order valence-electron chi connectivity index (χ4n) is 2.05. The highest BCUT2D eigenvalue weighted by molar-refractivity contribution is 5.38. The molecule has 0 spiro atoms. The van der Waals surface area contributed by atoms with Gasteiger partial charge in [0, 0.05) is 20.1 Å². The number of aromatic nitrogens is 3. The van der Waals surface area contributed by atoms with Gasteiger partial charge in [0.05, 0.1) is 0 Å². The van der Waals surface area contributed by atoms with Crippen LogP contribution in [-0.2, 0) is 0 Å². The lowest BCUT2D eigenvalue weighted by molar-refractivity contribution is 0.155. The van der Waals surface area contributed by atoms with Crippen LogP contribution in [0.5, 0.6) is 6.01 Å².